The standard InChI is InChI=1S/C23H34N4O2S/c1-15-9-7-10-16(2)26(15)14-8-12-24-21(28)20-17(3)19-22(30-20)25-18-11-5-4-6-13-27(18)23(19)29/h15-16H,4-14H2,1-3H3,(H,24,28)/t15-,16-/m1/s1. The fourth-order valence-corrected chi connectivity index (χ4v) is 6.19. The third-order valence-corrected chi connectivity index (χ3v) is 8.06. The van der Waals surface area contributed by atoms with Crippen molar-refractivity contribution in [3.8, 4) is 0 Å². The largest absolute Gasteiger partial charge is 0.351 e. The van der Waals surface area contributed by atoms with Crippen molar-refractivity contribution in [2.45, 2.75) is 90.8 Å². The number of piperidine rings is 1. The van der Waals surface area contributed by atoms with E-state index in [4.69, 9.17) is 4.98 Å². The number of nitrogens with one attached hydrogen (secondary N) is 1. The van der Waals surface area contributed by atoms with Gasteiger partial charge in [0.15, 0.2) is 0 Å². The predicted octanol–water partition coefficient (Wildman–Crippen LogP) is 3.88. The maximum Gasteiger partial charge on any atom is 0.262 e. The van der Waals surface area contributed by atoms with Crippen LogP contribution in [0, 0.1) is 6.92 Å². The van der Waals surface area contributed by atoms with Crippen LogP contribution in [-0.4, -0.2) is 45.5 Å². The Bertz CT molecular complexity index is 970. The topological polar surface area (TPSA) is 67.2 Å². The minimum Gasteiger partial charge on any atom is -0.351 e. The summed E-state index contributed by atoms with van der Waals surface area (Å²) in [5, 5.41) is 3.71. The fraction of sp³-hybridized carbons (Fsp3) is 0.696. The lowest BCUT2D eigenvalue weighted by Crippen LogP contribution is -2.44. The molecule has 164 valence electrons. The highest BCUT2D eigenvalue weighted by molar-refractivity contribution is 7.20. The van der Waals surface area contributed by atoms with Crippen molar-refractivity contribution in [3.63, 3.8) is 0 Å². The molecule has 2 aromatic heterocycles. The van der Waals surface area contributed by atoms with Crippen LogP contribution in [0.25, 0.3) is 10.2 Å². The Morgan fingerprint density at radius 3 is 2.70 bits per heavy atom. The molecule has 4 rings (SSSR count). The van der Waals surface area contributed by atoms with Crippen LogP contribution >= 0.6 is 11.3 Å². The number of hydrogen-bond acceptors (Lipinski definition) is 5. The quantitative estimate of drug-likeness (QED) is 0.731. The second kappa shape index (κ2) is 9.18. The predicted molar refractivity (Wildman–Crippen MR) is 123 cm³/mol. The summed E-state index contributed by atoms with van der Waals surface area (Å²) in [5.41, 5.74) is 0.806. The van der Waals surface area contributed by atoms with Crippen molar-refractivity contribution < 1.29 is 4.79 Å². The molecule has 2 aromatic rings. The first-order valence-electron chi connectivity index (χ1n) is 11.5. The number of carbonyl (C=O) groups is 1. The average Bonchev–Trinajstić information content (AvgIpc) is 2.88. The summed E-state index contributed by atoms with van der Waals surface area (Å²) in [7, 11) is 0. The van der Waals surface area contributed by atoms with Crippen LogP contribution in [0.2, 0.25) is 0 Å². The molecule has 7 heteroatoms. The van der Waals surface area contributed by atoms with E-state index in [2.05, 4.69) is 24.1 Å². The molecule has 1 N–H and O–H groups in total. The first-order chi connectivity index (χ1) is 14.5. The smallest absolute Gasteiger partial charge is 0.262 e. The fourth-order valence-electron chi connectivity index (χ4n) is 5.09. The summed E-state index contributed by atoms with van der Waals surface area (Å²) in [4.78, 5) is 34.6. The highest BCUT2D eigenvalue weighted by Crippen LogP contribution is 2.28. The van der Waals surface area contributed by atoms with E-state index >= 15 is 0 Å². The maximum absolute atomic E-state index is 13.1. The molecule has 2 atom stereocenters. The van der Waals surface area contributed by atoms with E-state index in [0.29, 0.717) is 33.7 Å². The number of aryl methyl sites for hydroxylation is 2. The Kier molecular flexibility index (Phi) is 6.58. The van der Waals surface area contributed by atoms with Crippen molar-refractivity contribution in [3.05, 3.63) is 26.6 Å². The second-order valence-electron chi connectivity index (χ2n) is 9.01. The third-order valence-electron chi connectivity index (χ3n) is 6.87. The molecule has 6 nitrogen and oxygen atoms in total. The minimum absolute atomic E-state index is 0.0257. The molecule has 0 bridgehead atoms. The van der Waals surface area contributed by atoms with Crippen LogP contribution in [0.3, 0.4) is 0 Å². The minimum atomic E-state index is -0.0742. The molecular formula is C23H34N4O2S. The van der Waals surface area contributed by atoms with Crippen molar-refractivity contribution in [2.24, 2.45) is 0 Å². The van der Waals surface area contributed by atoms with Gasteiger partial charge in [-0.25, -0.2) is 4.98 Å². The lowest BCUT2D eigenvalue weighted by atomic mass is 9.97. The number of aromatic nitrogens is 2. The lowest BCUT2D eigenvalue weighted by molar-refractivity contribution is 0.0928. The van der Waals surface area contributed by atoms with Gasteiger partial charge in [-0.2, -0.15) is 0 Å². The van der Waals surface area contributed by atoms with Gasteiger partial charge in [-0.15, -0.1) is 11.3 Å². The summed E-state index contributed by atoms with van der Waals surface area (Å²) < 4.78 is 1.83. The molecule has 1 fully saturated rings. The van der Waals surface area contributed by atoms with Crippen LogP contribution in [-0.2, 0) is 13.0 Å². The molecule has 2 aliphatic rings. The SMILES string of the molecule is Cc1c(C(=O)NCCCN2[C@H](C)CCC[C@H]2C)sc2nc3n(c(=O)c12)CCCCC3. The first-order valence-corrected chi connectivity index (χ1v) is 12.4. The van der Waals surface area contributed by atoms with E-state index in [9.17, 15) is 9.59 Å². The van der Waals surface area contributed by atoms with Crippen molar-refractivity contribution in [2.75, 3.05) is 13.1 Å². The van der Waals surface area contributed by atoms with Gasteiger partial charge in [-0.3, -0.25) is 19.1 Å². The summed E-state index contributed by atoms with van der Waals surface area (Å²) >= 11 is 1.37. The van der Waals surface area contributed by atoms with Crippen LogP contribution in [0.15, 0.2) is 4.79 Å². The van der Waals surface area contributed by atoms with E-state index < -0.39 is 0 Å². The number of likely N-dealkylation sites (tertiary alicyclic amines) is 1. The Labute approximate surface area is 182 Å². The number of hydrogen-bond donors (Lipinski definition) is 1. The van der Waals surface area contributed by atoms with Crippen LogP contribution < -0.4 is 10.9 Å². The van der Waals surface area contributed by atoms with Crippen LogP contribution in [0.1, 0.15) is 79.9 Å². The molecule has 0 aliphatic carbocycles. The van der Waals surface area contributed by atoms with E-state index in [-0.39, 0.29) is 11.5 Å². The number of nitrogens with zero attached hydrogens (tertiary/aromatic N) is 3. The first kappa shape index (κ1) is 21.5. The van der Waals surface area contributed by atoms with Gasteiger partial charge < -0.3 is 5.32 Å². The molecule has 30 heavy (non-hydrogen) atoms. The lowest BCUT2D eigenvalue weighted by Gasteiger charge is -2.39. The van der Waals surface area contributed by atoms with Gasteiger partial charge in [0.05, 0.1) is 10.3 Å². The molecule has 0 unspecified atom stereocenters. The van der Waals surface area contributed by atoms with Crippen molar-refractivity contribution in [1.29, 1.82) is 0 Å². The van der Waals surface area contributed by atoms with Gasteiger partial charge in [0.1, 0.15) is 10.7 Å². The normalized spacial score (nSPS) is 22.6. The molecule has 2 aliphatic heterocycles. The molecule has 0 saturated carbocycles. The number of carbonyl (C=O) groups excluding carboxylic acids is 1. The van der Waals surface area contributed by atoms with E-state index in [1.54, 1.807) is 0 Å². The van der Waals surface area contributed by atoms with Crippen molar-refractivity contribution >= 4 is 27.5 Å². The number of fused-ring (bicyclic) bond motifs is 2. The second-order valence-corrected chi connectivity index (χ2v) is 10.0. The molecule has 0 spiro atoms. The van der Waals surface area contributed by atoms with Gasteiger partial charge in [-0.05, 0) is 58.4 Å². The van der Waals surface area contributed by atoms with Gasteiger partial charge in [0, 0.05) is 38.1 Å². The molecule has 1 saturated heterocycles. The summed E-state index contributed by atoms with van der Waals surface area (Å²) in [6, 6.07) is 1.26. The molecular weight excluding hydrogens is 396 g/mol. The van der Waals surface area contributed by atoms with E-state index in [0.717, 1.165) is 56.6 Å². The summed E-state index contributed by atoms with van der Waals surface area (Å²) in [6.07, 6.45) is 8.87. The Morgan fingerprint density at radius 1 is 1.17 bits per heavy atom. The van der Waals surface area contributed by atoms with E-state index in [1.807, 2.05) is 11.5 Å². The monoisotopic (exact) mass is 430 g/mol. The zero-order valence-electron chi connectivity index (χ0n) is 18.5. The van der Waals surface area contributed by atoms with Gasteiger partial charge in [0.25, 0.3) is 11.5 Å². The van der Waals surface area contributed by atoms with Crippen LogP contribution in [0.5, 0.6) is 0 Å². The van der Waals surface area contributed by atoms with E-state index in [1.165, 1.54) is 30.6 Å². The highest BCUT2D eigenvalue weighted by atomic mass is 32.1. The Balaban J connectivity index is 1.44. The molecule has 0 radical (unpaired) electrons. The summed E-state index contributed by atoms with van der Waals surface area (Å²) in [6.45, 7) is 8.91. The zero-order valence-corrected chi connectivity index (χ0v) is 19.3. The van der Waals surface area contributed by atoms with Gasteiger partial charge >= 0.3 is 0 Å². The molecule has 1 amide bonds. The Hall–Kier alpha value is -1.73. The third kappa shape index (κ3) is 4.19. The number of thiophene rings is 1. The van der Waals surface area contributed by atoms with Gasteiger partial charge in [-0.1, -0.05) is 12.8 Å². The molecule has 4 heterocycles. The highest BCUT2D eigenvalue weighted by Gasteiger charge is 2.25. The Morgan fingerprint density at radius 2 is 1.93 bits per heavy atom. The zero-order chi connectivity index (χ0) is 21.3. The number of amides is 1. The van der Waals surface area contributed by atoms with Gasteiger partial charge in [0.2, 0.25) is 0 Å². The maximum atomic E-state index is 13.1. The van der Waals surface area contributed by atoms with Crippen molar-refractivity contribution in [1.82, 2.24) is 19.8 Å². The average molecular weight is 431 g/mol. The van der Waals surface area contributed by atoms with Crippen LogP contribution in [0.4, 0.5) is 0 Å². The number of rotatable bonds is 5. The summed E-state index contributed by atoms with van der Waals surface area (Å²) in [5.74, 6) is 0.804. The molecule has 0 aromatic carbocycles.